The Morgan fingerprint density at radius 2 is 0.926 bits per heavy atom. The minimum atomic E-state index is 0.659. The number of hydrogen-bond acceptors (Lipinski definition) is 9. The highest BCUT2D eigenvalue weighted by Crippen LogP contribution is 2.36. The molecule has 0 amide bonds. The zero-order valence-electron chi connectivity index (χ0n) is 32.5. The monoisotopic (exact) mass is 733 g/mol. The standard InChI is InChI=1S/C45H64N8O/c1(4-39-7-8-42-10-9-40-5-3-6-41-11-12-43(39)45(42)44(40)41)2-29-54-35-38-31-36(33-52-25-21-48-17-13-46-14-18-49-22-26-52)30-37(32-38)34-53-27-23-50-19-15-47-16-20-51-24-28-53/h3,5-12,30-32,46-51H,1-2,4,13-29,33-35H2. The second-order valence-corrected chi connectivity index (χ2v) is 15.3. The maximum absolute atomic E-state index is 6.43. The largest absolute Gasteiger partial charge is 0.377 e. The fraction of sp³-hybridized carbons (Fsp3) is 0.511. The molecule has 9 heteroatoms. The van der Waals surface area contributed by atoms with Crippen molar-refractivity contribution in [1.82, 2.24) is 41.7 Å². The molecule has 9 nitrogen and oxygen atoms in total. The van der Waals surface area contributed by atoms with Gasteiger partial charge in [0.2, 0.25) is 0 Å². The number of unbranched alkanes of at least 4 members (excludes halogenated alkanes) is 1. The average molecular weight is 733 g/mol. The van der Waals surface area contributed by atoms with E-state index in [2.05, 4.69) is 114 Å². The van der Waals surface area contributed by atoms with E-state index in [1.54, 1.807) is 0 Å². The second-order valence-electron chi connectivity index (χ2n) is 15.3. The molecule has 7 rings (SSSR count). The summed E-state index contributed by atoms with van der Waals surface area (Å²) >= 11 is 0. The number of nitrogens with zero attached hydrogens (tertiary/aromatic N) is 2. The molecular formula is C45H64N8O. The molecule has 5 aromatic carbocycles. The van der Waals surface area contributed by atoms with Crippen molar-refractivity contribution in [2.24, 2.45) is 0 Å². The first-order valence-electron chi connectivity index (χ1n) is 20.8. The quantitative estimate of drug-likeness (QED) is 0.0881. The summed E-state index contributed by atoms with van der Waals surface area (Å²) in [6, 6.07) is 27.8. The van der Waals surface area contributed by atoms with Gasteiger partial charge in [-0.05, 0) is 73.8 Å². The van der Waals surface area contributed by atoms with Gasteiger partial charge in [-0.1, -0.05) is 72.8 Å². The van der Waals surface area contributed by atoms with E-state index in [0.29, 0.717) is 6.61 Å². The molecule has 2 aliphatic heterocycles. The van der Waals surface area contributed by atoms with Crippen molar-refractivity contribution < 1.29 is 4.74 Å². The van der Waals surface area contributed by atoms with Crippen LogP contribution in [-0.2, 0) is 30.9 Å². The van der Waals surface area contributed by atoms with Gasteiger partial charge in [0, 0.05) is 124 Å². The molecule has 0 radical (unpaired) electrons. The lowest BCUT2D eigenvalue weighted by molar-refractivity contribution is 0.117. The molecule has 0 bridgehead atoms. The van der Waals surface area contributed by atoms with Crippen LogP contribution < -0.4 is 31.9 Å². The summed E-state index contributed by atoms with van der Waals surface area (Å²) in [5.74, 6) is 0. The fourth-order valence-corrected chi connectivity index (χ4v) is 8.29. The van der Waals surface area contributed by atoms with Gasteiger partial charge in [-0.25, -0.2) is 0 Å². The van der Waals surface area contributed by atoms with Crippen LogP contribution in [0.5, 0.6) is 0 Å². The van der Waals surface area contributed by atoms with Crippen molar-refractivity contribution >= 4 is 32.3 Å². The van der Waals surface area contributed by atoms with Crippen molar-refractivity contribution in [2.45, 2.75) is 39.0 Å². The van der Waals surface area contributed by atoms with E-state index in [-0.39, 0.29) is 0 Å². The molecule has 0 atom stereocenters. The summed E-state index contributed by atoms with van der Waals surface area (Å²) in [7, 11) is 0. The van der Waals surface area contributed by atoms with Crippen LogP contribution in [0.3, 0.4) is 0 Å². The van der Waals surface area contributed by atoms with E-state index in [9.17, 15) is 0 Å². The molecule has 2 fully saturated rings. The molecule has 6 N–H and O–H groups in total. The van der Waals surface area contributed by atoms with Crippen LogP contribution in [0.1, 0.15) is 35.1 Å². The molecule has 2 heterocycles. The van der Waals surface area contributed by atoms with Crippen LogP contribution in [0.15, 0.2) is 72.8 Å². The van der Waals surface area contributed by atoms with E-state index in [0.717, 1.165) is 144 Å². The van der Waals surface area contributed by atoms with E-state index in [4.69, 9.17) is 4.74 Å². The Labute approximate surface area is 323 Å². The SMILES string of the molecule is c1cc2ccc3ccc(CCCCOCc4cc(CN5CCNCCNCCNCC5)cc(CN5CCNCCNCCNCC5)c4)c4ccc(c1)c2c34. The van der Waals surface area contributed by atoms with E-state index >= 15 is 0 Å². The van der Waals surface area contributed by atoms with Gasteiger partial charge in [0.1, 0.15) is 0 Å². The third-order valence-corrected chi connectivity index (χ3v) is 11.1. The van der Waals surface area contributed by atoms with Crippen molar-refractivity contribution in [1.29, 1.82) is 0 Å². The summed E-state index contributed by atoms with van der Waals surface area (Å²) in [6.07, 6.45) is 3.25. The van der Waals surface area contributed by atoms with Gasteiger partial charge in [0.05, 0.1) is 6.61 Å². The average Bonchev–Trinajstić information content (AvgIpc) is 3.17. The van der Waals surface area contributed by atoms with Gasteiger partial charge in [-0.3, -0.25) is 9.80 Å². The predicted octanol–water partition coefficient (Wildman–Crippen LogP) is 4.29. The topological polar surface area (TPSA) is 87.9 Å². The maximum atomic E-state index is 6.43. The van der Waals surface area contributed by atoms with Crippen LogP contribution in [0.25, 0.3) is 32.3 Å². The summed E-state index contributed by atoms with van der Waals surface area (Å²) < 4.78 is 6.43. The van der Waals surface area contributed by atoms with Gasteiger partial charge in [0.25, 0.3) is 0 Å². The van der Waals surface area contributed by atoms with Crippen LogP contribution >= 0.6 is 0 Å². The highest BCUT2D eigenvalue weighted by atomic mass is 16.5. The Bertz CT molecular complexity index is 1760. The molecule has 0 aliphatic carbocycles. The molecule has 2 saturated heterocycles. The molecular weight excluding hydrogens is 669 g/mol. The zero-order chi connectivity index (χ0) is 36.6. The minimum absolute atomic E-state index is 0.659. The summed E-state index contributed by atoms with van der Waals surface area (Å²) in [6.45, 7) is 19.7. The normalized spacial score (nSPS) is 18.7. The molecule has 0 spiro atoms. The fourth-order valence-electron chi connectivity index (χ4n) is 8.29. The molecule has 0 aromatic heterocycles. The highest BCUT2D eigenvalue weighted by molar-refractivity contribution is 6.23. The Morgan fingerprint density at radius 1 is 0.463 bits per heavy atom. The van der Waals surface area contributed by atoms with Gasteiger partial charge >= 0.3 is 0 Å². The number of hydrogen-bond donors (Lipinski definition) is 6. The van der Waals surface area contributed by atoms with Crippen molar-refractivity contribution in [2.75, 3.05) is 111 Å². The predicted molar refractivity (Wildman–Crippen MR) is 227 cm³/mol. The van der Waals surface area contributed by atoms with E-state index in [1.165, 1.54) is 54.6 Å². The Balaban J connectivity index is 0.981. The Morgan fingerprint density at radius 3 is 1.48 bits per heavy atom. The highest BCUT2D eigenvalue weighted by Gasteiger charge is 2.14. The van der Waals surface area contributed by atoms with Crippen molar-refractivity contribution in [3.05, 3.63) is 95.1 Å². The third kappa shape index (κ3) is 11.4. The summed E-state index contributed by atoms with van der Waals surface area (Å²) in [5, 5.41) is 29.8. The van der Waals surface area contributed by atoms with Gasteiger partial charge in [-0.15, -0.1) is 0 Å². The first-order valence-corrected chi connectivity index (χ1v) is 20.8. The lowest BCUT2D eigenvalue weighted by Crippen LogP contribution is -2.41. The number of nitrogens with one attached hydrogen (secondary N) is 6. The summed E-state index contributed by atoms with van der Waals surface area (Å²) in [4.78, 5) is 5.21. The van der Waals surface area contributed by atoms with Crippen LogP contribution in [0, 0.1) is 0 Å². The lowest BCUT2D eigenvalue weighted by Gasteiger charge is -2.26. The van der Waals surface area contributed by atoms with Crippen molar-refractivity contribution in [3.8, 4) is 0 Å². The van der Waals surface area contributed by atoms with Crippen LogP contribution in [-0.4, -0.2) is 121 Å². The number of ether oxygens (including phenoxy) is 1. The molecule has 54 heavy (non-hydrogen) atoms. The molecule has 5 aromatic rings. The number of benzene rings is 5. The molecule has 290 valence electrons. The van der Waals surface area contributed by atoms with Crippen molar-refractivity contribution in [3.63, 3.8) is 0 Å². The first-order chi connectivity index (χ1) is 26.8. The van der Waals surface area contributed by atoms with Gasteiger partial charge in [-0.2, -0.15) is 0 Å². The molecule has 2 aliphatic rings. The van der Waals surface area contributed by atoms with E-state index < -0.39 is 0 Å². The first kappa shape index (κ1) is 39.0. The van der Waals surface area contributed by atoms with Gasteiger partial charge in [0.15, 0.2) is 0 Å². The molecule has 0 saturated carbocycles. The summed E-state index contributed by atoms with van der Waals surface area (Å²) in [5.41, 5.74) is 5.53. The number of aryl methyl sites for hydroxylation is 1. The minimum Gasteiger partial charge on any atom is -0.377 e. The van der Waals surface area contributed by atoms with Crippen LogP contribution in [0.4, 0.5) is 0 Å². The Hall–Kier alpha value is -3.22. The smallest absolute Gasteiger partial charge is 0.0717 e. The third-order valence-electron chi connectivity index (χ3n) is 11.1. The Kier molecular flexibility index (Phi) is 15.3. The zero-order valence-corrected chi connectivity index (χ0v) is 32.5. The van der Waals surface area contributed by atoms with E-state index in [1.807, 2.05) is 0 Å². The lowest BCUT2D eigenvalue weighted by atomic mass is 9.91. The molecule has 0 unspecified atom stereocenters. The second kappa shape index (κ2) is 21.2. The number of rotatable bonds is 11. The van der Waals surface area contributed by atoms with Gasteiger partial charge < -0.3 is 36.6 Å². The van der Waals surface area contributed by atoms with Crippen LogP contribution in [0.2, 0.25) is 0 Å². The maximum Gasteiger partial charge on any atom is 0.0717 e.